The molecule has 2 N–H and O–H groups in total. The zero-order valence-electron chi connectivity index (χ0n) is 18.5. The van der Waals surface area contributed by atoms with Gasteiger partial charge >= 0.3 is 0 Å². The maximum atomic E-state index is 12.4. The third kappa shape index (κ3) is 7.20. The van der Waals surface area contributed by atoms with E-state index in [0.29, 0.717) is 22.5 Å². The van der Waals surface area contributed by atoms with Crippen LogP contribution < -0.4 is 10.6 Å². The summed E-state index contributed by atoms with van der Waals surface area (Å²) in [6.07, 6.45) is 3.10. The Kier molecular flexibility index (Phi) is 9.09. The van der Waals surface area contributed by atoms with Crippen LogP contribution in [0.15, 0.2) is 65.8 Å². The topological polar surface area (TPSA) is 88.9 Å². The van der Waals surface area contributed by atoms with Crippen LogP contribution in [0.25, 0.3) is 6.08 Å². The van der Waals surface area contributed by atoms with Gasteiger partial charge in [0.1, 0.15) is 0 Å². The Hall–Kier alpha value is -3.10. The van der Waals surface area contributed by atoms with Crippen molar-refractivity contribution in [1.29, 1.82) is 0 Å². The van der Waals surface area contributed by atoms with Gasteiger partial charge in [-0.2, -0.15) is 0 Å². The second-order valence-corrected chi connectivity index (χ2v) is 8.55. The van der Waals surface area contributed by atoms with Gasteiger partial charge in [-0.25, -0.2) is 0 Å². The molecule has 1 atom stereocenters. The van der Waals surface area contributed by atoms with Crippen molar-refractivity contribution in [3.8, 4) is 0 Å². The summed E-state index contributed by atoms with van der Waals surface area (Å²) in [7, 11) is 0. The Bertz CT molecular complexity index is 1120. The molecule has 0 aliphatic rings. The van der Waals surface area contributed by atoms with E-state index < -0.39 is 0 Å². The minimum atomic E-state index is -0.260. The minimum Gasteiger partial charge on any atom is -0.349 e. The van der Waals surface area contributed by atoms with Crippen molar-refractivity contribution < 1.29 is 9.59 Å². The number of carbonyl (C=O) groups excluding carboxylic acids is 2. The fourth-order valence-electron chi connectivity index (χ4n) is 3.11. The lowest BCUT2D eigenvalue weighted by Crippen LogP contribution is -2.28. The van der Waals surface area contributed by atoms with Crippen LogP contribution in [0.3, 0.4) is 0 Å². The Balaban J connectivity index is 1.51. The van der Waals surface area contributed by atoms with Crippen molar-refractivity contribution >= 4 is 41.3 Å². The fraction of sp³-hybridized carbons (Fsp3) is 0.250. The van der Waals surface area contributed by atoms with Gasteiger partial charge in [0.05, 0.1) is 18.3 Å². The number of rotatable bonds is 10. The van der Waals surface area contributed by atoms with Gasteiger partial charge in [0.2, 0.25) is 11.8 Å². The summed E-state index contributed by atoms with van der Waals surface area (Å²) in [5, 5.41) is 15.4. The molecule has 0 radical (unpaired) electrons. The molecule has 0 saturated heterocycles. The summed E-state index contributed by atoms with van der Waals surface area (Å²) < 4.78 is 1.89. The summed E-state index contributed by atoms with van der Waals surface area (Å²) in [6, 6.07) is 17.0. The van der Waals surface area contributed by atoms with Gasteiger partial charge in [0.25, 0.3) is 0 Å². The molecular weight excluding hydrogens is 458 g/mol. The van der Waals surface area contributed by atoms with Gasteiger partial charge < -0.3 is 15.2 Å². The molecule has 0 spiro atoms. The largest absolute Gasteiger partial charge is 0.349 e. The second kappa shape index (κ2) is 12.2. The van der Waals surface area contributed by atoms with Gasteiger partial charge in [-0.3, -0.25) is 9.59 Å². The number of nitrogens with one attached hydrogen (secondary N) is 2. The van der Waals surface area contributed by atoms with Gasteiger partial charge in [0, 0.05) is 17.6 Å². The Morgan fingerprint density at radius 2 is 1.85 bits per heavy atom. The highest BCUT2D eigenvalue weighted by molar-refractivity contribution is 7.99. The average molecular weight is 484 g/mol. The van der Waals surface area contributed by atoms with E-state index in [0.717, 1.165) is 11.1 Å². The highest BCUT2D eigenvalue weighted by Crippen LogP contribution is 2.18. The molecule has 2 aromatic carbocycles. The molecule has 0 saturated carbocycles. The van der Waals surface area contributed by atoms with Crippen LogP contribution in [0, 0.1) is 0 Å². The van der Waals surface area contributed by atoms with Gasteiger partial charge in [0.15, 0.2) is 11.0 Å². The highest BCUT2D eigenvalue weighted by atomic mass is 35.5. The number of nitrogens with zero attached hydrogens (tertiary/aromatic N) is 3. The summed E-state index contributed by atoms with van der Waals surface area (Å²) in [4.78, 5) is 24.6. The molecular formula is C24H26ClN5O2S. The van der Waals surface area contributed by atoms with E-state index >= 15 is 0 Å². The van der Waals surface area contributed by atoms with E-state index in [1.54, 1.807) is 12.1 Å². The Labute approximate surface area is 202 Å². The molecule has 0 fully saturated rings. The summed E-state index contributed by atoms with van der Waals surface area (Å²) in [6.45, 7) is 4.77. The van der Waals surface area contributed by atoms with Crippen molar-refractivity contribution in [2.24, 2.45) is 0 Å². The number of hydrogen-bond acceptors (Lipinski definition) is 5. The number of benzene rings is 2. The first kappa shape index (κ1) is 24.5. The lowest BCUT2D eigenvalue weighted by molar-refractivity contribution is -0.119. The van der Waals surface area contributed by atoms with E-state index in [1.807, 2.05) is 66.9 Å². The number of thioether (sulfide) groups is 1. The van der Waals surface area contributed by atoms with Crippen LogP contribution in [0.5, 0.6) is 0 Å². The van der Waals surface area contributed by atoms with Crippen molar-refractivity contribution in [3.05, 3.63) is 82.6 Å². The first-order valence-corrected chi connectivity index (χ1v) is 11.9. The van der Waals surface area contributed by atoms with Gasteiger partial charge in [-0.15, -0.1) is 10.2 Å². The van der Waals surface area contributed by atoms with E-state index in [2.05, 4.69) is 20.8 Å². The molecule has 1 heterocycles. The summed E-state index contributed by atoms with van der Waals surface area (Å²) in [5.74, 6) is 0.505. The first-order valence-electron chi connectivity index (χ1n) is 10.6. The van der Waals surface area contributed by atoms with Crippen LogP contribution in [0.4, 0.5) is 0 Å². The van der Waals surface area contributed by atoms with E-state index in [1.165, 1.54) is 17.8 Å². The fourth-order valence-corrected chi connectivity index (χ4v) is 4.14. The number of amides is 2. The zero-order valence-corrected chi connectivity index (χ0v) is 20.1. The third-order valence-corrected chi connectivity index (χ3v) is 6.17. The van der Waals surface area contributed by atoms with Crippen LogP contribution in [0.1, 0.15) is 36.8 Å². The monoisotopic (exact) mass is 483 g/mol. The smallest absolute Gasteiger partial charge is 0.244 e. The van der Waals surface area contributed by atoms with Crippen molar-refractivity contribution in [3.63, 3.8) is 0 Å². The number of halogens is 1. The maximum absolute atomic E-state index is 12.4. The van der Waals surface area contributed by atoms with Gasteiger partial charge in [-0.05, 0) is 37.1 Å². The Morgan fingerprint density at radius 1 is 1.12 bits per heavy atom. The quantitative estimate of drug-likeness (QED) is 0.332. The van der Waals surface area contributed by atoms with E-state index in [9.17, 15) is 9.59 Å². The predicted octanol–water partition coefficient (Wildman–Crippen LogP) is 4.25. The van der Waals surface area contributed by atoms with E-state index in [-0.39, 0.29) is 30.2 Å². The number of aromatic nitrogens is 3. The molecule has 172 valence electrons. The lowest BCUT2D eigenvalue weighted by atomic mass is 10.1. The molecule has 3 aromatic rings. The molecule has 7 nitrogen and oxygen atoms in total. The van der Waals surface area contributed by atoms with Crippen molar-refractivity contribution in [1.82, 2.24) is 25.4 Å². The maximum Gasteiger partial charge on any atom is 0.244 e. The van der Waals surface area contributed by atoms with Crippen LogP contribution in [-0.4, -0.2) is 32.3 Å². The second-order valence-electron chi connectivity index (χ2n) is 7.20. The molecule has 33 heavy (non-hydrogen) atoms. The van der Waals surface area contributed by atoms with Gasteiger partial charge in [-0.1, -0.05) is 71.9 Å². The Morgan fingerprint density at radius 3 is 2.58 bits per heavy atom. The molecule has 0 bridgehead atoms. The molecule has 9 heteroatoms. The third-order valence-electron chi connectivity index (χ3n) is 4.86. The van der Waals surface area contributed by atoms with Crippen molar-refractivity contribution in [2.75, 3.05) is 5.75 Å². The zero-order chi connectivity index (χ0) is 23.6. The highest BCUT2D eigenvalue weighted by Gasteiger charge is 2.15. The van der Waals surface area contributed by atoms with Crippen LogP contribution in [0.2, 0.25) is 5.02 Å². The first-order chi connectivity index (χ1) is 16.0. The predicted molar refractivity (Wildman–Crippen MR) is 132 cm³/mol. The van der Waals surface area contributed by atoms with Crippen LogP contribution in [-0.2, 0) is 22.7 Å². The standard InChI is InChI=1S/C24H26ClN5O2S/c1-3-30-21(15-26-22(31)14-13-19-11-7-8-12-20(19)25)28-29-24(30)33-16-23(32)27-17(2)18-9-5-4-6-10-18/h4-14,17H,3,15-16H2,1-2H3,(H,26,31)(H,27,32)/b14-13+/t17-/m0/s1. The van der Waals surface area contributed by atoms with E-state index in [4.69, 9.17) is 11.6 Å². The SMILES string of the molecule is CCn1c(CNC(=O)/C=C/c2ccccc2Cl)nnc1SCC(=O)N[C@@H](C)c1ccccc1. The summed E-state index contributed by atoms with van der Waals surface area (Å²) >= 11 is 7.42. The minimum absolute atomic E-state index is 0.0760. The average Bonchev–Trinajstić information content (AvgIpc) is 3.23. The number of hydrogen-bond donors (Lipinski definition) is 2. The molecule has 1 aromatic heterocycles. The number of carbonyl (C=O) groups is 2. The molecule has 0 unspecified atom stereocenters. The molecule has 2 amide bonds. The van der Waals surface area contributed by atoms with Crippen molar-refractivity contribution in [2.45, 2.75) is 38.1 Å². The molecule has 3 rings (SSSR count). The normalized spacial score (nSPS) is 12.0. The lowest BCUT2D eigenvalue weighted by Gasteiger charge is -2.14. The summed E-state index contributed by atoms with van der Waals surface area (Å²) in [5.41, 5.74) is 1.82. The molecule has 0 aliphatic carbocycles. The molecule has 0 aliphatic heterocycles. The van der Waals surface area contributed by atoms with Crippen LogP contribution >= 0.6 is 23.4 Å².